The van der Waals surface area contributed by atoms with Crippen LogP contribution in [0.2, 0.25) is 0 Å². The van der Waals surface area contributed by atoms with Crippen LogP contribution in [0.5, 0.6) is 0 Å². The van der Waals surface area contributed by atoms with E-state index in [1.54, 1.807) is 0 Å². The zero-order valence-electron chi connectivity index (χ0n) is 34.6. The number of hydrogen-bond donors (Lipinski definition) is 4. The van der Waals surface area contributed by atoms with Gasteiger partial charge < -0.3 is 39.4 Å². The minimum Gasteiger partial charge on any atom is -0.481 e. The lowest BCUT2D eigenvalue weighted by molar-refractivity contribution is -0.336. The van der Waals surface area contributed by atoms with Crippen LogP contribution in [0.15, 0.2) is 24.3 Å². The summed E-state index contributed by atoms with van der Waals surface area (Å²) < 4.78 is 27.0. The smallest absolute Gasteiger partial charge is 0.309 e. The molecule has 0 amide bonds. The van der Waals surface area contributed by atoms with Crippen molar-refractivity contribution in [3.63, 3.8) is 0 Å². The number of carboxylic acids is 1. The summed E-state index contributed by atoms with van der Waals surface area (Å²) in [4.78, 5) is 11.9. The zero-order valence-corrected chi connectivity index (χ0v) is 34.6. The van der Waals surface area contributed by atoms with Crippen LogP contribution in [0, 0.1) is 52.8 Å². The van der Waals surface area contributed by atoms with Crippen LogP contribution >= 0.6 is 0 Å². The summed E-state index contributed by atoms with van der Waals surface area (Å²) in [6, 6.07) is 0. The normalized spacial score (nSPS) is 46.2. The average molecular weight is 747 g/mol. The topological polar surface area (TPSA) is 135 Å². The highest BCUT2D eigenvalue weighted by Gasteiger charge is 2.62. The Morgan fingerprint density at radius 2 is 1.66 bits per heavy atom. The summed E-state index contributed by atoms with van der Waals surface area (Å²) in [6.45, 7) is 26.2. The van der Waals surface area contributed by atoms with E-state index >= 15 is 0 Å². The molecule has 9 nitrogen and oxygen atoms in total. The molecule has 3 saturated heterocycles. The monoisotopic (exact) mass is 747 g/mol. The summed E-state index contributed by atoms with van der Waals surface area (Å²) >= 11 is 0. The van der Waals surface area contributed by atoms with Gasteiger partial charge in [-0.1, -0.05) is 80.5 Å². The van der Waals surface area contributed by atoms with E-state index in [1.807, 2.05) is 39.8 Å². The number of aliphatic hydroxyl groups is 3. The summed E-state index contributed by atoms with van der Waals surface area (Å²) in [6.07, 6.45) is 8.96. The molecule has 53 heavy (non-hydrogen) atoms. The molecule has 4 heterocycles. The second-order valence-electron chi connectivity index (χ2n) is 18.7. The van der Waals surface area contributed by atoms with Gasteiger partial charge in [-0.15, -0.1) is 0 Å². The molecule has 5 aliphatic rings. The third-order valence-corrected chi connectivity index (χ3v) is 15.8. The maximum Gasteiger partial charge on any atom is 0.309 e. The summed E-state index contributed by atoms with van der Waals surface area (Å²) in [5.41, 5.74) is -0.755. The Hall–Kier alpha value is -1.33. The number of aliphatic hydroxyl groups excluding tert-OH is 2. The van der Waals surface area contributed by atoms with Gasteiger partial charge in [-0.3, -0.25) is 4.79 Å². The number of hydrogen-bond acceptors (Lipinski definition) is 8. The molecule has 4 fully saturated rings. The number of rotatable bonds is 12. The van der Waals surface area contributed by atoms with E-state index in [0.717, 1.165) is 37.7 Å². The van der Waals surface area contributed by atoms with Gasteiger partial charge in [0.25, 0.3) is 0 Å². The molecule has 0 radical (unpaired) electrons. The molecule has 0 aromatic carbocycles. The van der Waals surface area contributed by atoms with Crippen molar-refractivity contribution >= 4 is 5.97 Å². The Morgan fingerprint density at radius 1 is 0.981 bits per heavy atom. The van der Waals surface area contributed by atoms with E-state index in [4.69, 9.17) is 18.9 Å². The van der Waals surface area contributed by atoms with E-state index in [9.17, 15) is 25.2 Å². The average Bonchev–Trinajstić information content (AvgIpc) is 3.48. The van der Waals surface area contributed by atoms with E-state index in [0.29, 0.717) is 38.7 Å². The standard InChI is InChI=1S/C44H74O9/c1-12-32(26(5)27(6)38(46)29(8)39-25(4)15-16-35(52-39)33(13-2)40(47)48)34-23-50-44(30(9)28(34)7)20-17-36(45)43(53-44)22-21-41(11,24-43)37-18-19-42(49,14-3)31(10)51-37/h17,20,25,27-39,45-46,49H,5,12-16,18-19,21-24H2,1-4,6-11H3,(H,47,48)/t25?,27?,28-,29-,30+,31-,32?,33+,34?,35?,36?,37?,38+,39?,41?,42?,43-,44?/m0/s1. The molecule has 0 aromatic rings. The van der Waals surface area contributed by atoms with E-state index in [2.05, 4.69) is 48.1 Å². The van der Waals surface area contributed by atoms with Gasteiger partial charge in [0.05, 0.1) is 48.6 Å². The molecule has 0 aromatic heterocycles. The Bertz CT molecular complexity index is 1320. The lowest BCUT2D eigenvalue weighted by atomic mass is 9.66. The molecule has 18 atom stereocenters. The molecule has 9 heteroatoms. The van der Waals surface area contributed by atoms with Crippen LogP contribution in [0.25, 0.3) is 0 Å². The van der Waals surface area contributed by atoms with Crippen molar-refractivity contribution < 1.29 is 44.2 Å². The van der Waals surface area contributed by atoms with Gasteiger partial charge in [-0.05, 0) is 106 Å². The van der Waals surface area contributed by atoms with Gasteiger partial charge in [0.15, 0.2) is 5.79 Å². The van der Waals surface area contributed by atoms with Crippen molar-refractivity contribution in [1.29, 1.82) is 0 Å². The molecule has 1 aliphatic carbocycles. The highest BCUT2D eigenvalue weighted by molar-refractivity contribution is 5.70. The van der Waals surface area contributed by atoms with Crippen LogP contribution < -0.4 is 0 Å². The van der Waals surface area contributed by atoms with E-state index in [-0.39, 0.29) is 71.3 Å². The van der Waals surface area contributed by atoms with Crippen LogP contribution in [0.1, 0.15) is 133 Å². The predicted octanol–water partition coefficient (Wildman–Crippen LogP) is 7.70. The molecule has 304 valence electrons. The Balaban J connectivity index is 1.26. The number of ether oxygens (including phenoxy) is 4. The van der Waals surface area contributed by atoms with Gasteiger partial charge in [-0.2, -0.15) is 0 Å². The fourth-order valence-electron chi connectivity index (χ4n) is 11.4. The van der Waals surface area contributed by atoms with Crippen LogP contribution in [-0.4, -0.2) is 86.6 Å². The maximum absolute atomic E-state index is 11.9. The highest BCUT2D eigenvalue weighted by atomic mass is 16.7. The van der Waals surface area contributed by atoms with Gasteiger partial charge in [0.1, 0.15) is 11.7 Å². The predicted molar refractivity (Wildman–Crippen MR) is 206 cm³/mol. The second-order valence-corrected chi connectivity index (χ2v) is 18.7. The molecular formula is C44H74O9. The van der Waals surface area contributed by atoms with Gasteiger partial charge in [0, 0.05) is 17.8 Å². The fraction of sp³-hybridized carbons (Fsp3) is 0.886. The number of aliphatic carboxylic acids is 1. The van der Waals surface area contributed by atoms with Gasteiger partial charge in [0.2, 0.25) is 0 Å². The fourth-order valence-corrected chi connectivity index (χ4v) is 11.4. The van der Waals surface area contributed by atoms with Crippen molar-refractivity contribution in [3.05, 3.63) is 24.3 Å². The van der Waals surface area contributed by atoms with Crippen molar-refractivity contribution in [2.45, 2.75) is 187 Å². The quantitative estimate of drug-likeness (QED) is 0.148. The lowest BCUT2D eigenvalue weighted by Crippen LogP contribution is -2.61. The molecule has 4 aliphatic heterocycles. The van der Waals surface area contributed by atoms with Crippen molar-refractivity contribution in [2.75, 3.05) is 6.61 Å². The first-order chi connectivity index (χ1) is 24.8. The zero-order chi connectivity index (χ0) is 39.3. The first-order valence-corrected chi connectivity index (χ1v) is 21.2. The number of carbonyl (C=O) groups is 1. The molecule has 5 rings (SSSR count). The second kappa shape index (κ2) is 16.3. The molecule has 11 unspecified atom stereocenters. The SMILES string of the molecule is C=C(C(CC)C1COC2(C=CC(O)[C@@]3(CCC(C)(C4CCC(O)(CC)[C@H](C)O4)C3)O2)[C@H](C)[C@@H]1C)C(C)[C@@H](O)[C@H](C)C1OC([C@@H](CC)C(=O)O)CCC1C. The Morgan fingerprint density at radius 3 is 2.26 bits per heavy atom. The van der Waals surface area contributed by atoms with E-state index < -0.39 is 41.1 Å². The summed E-state index contributed by atoms with van der Waals surface area (Å²) in [5.74, 6) is -2.00. The first kappa shape index (κ1) is 42.8. The lowest BCUT2D eigenvalue weighted by Gasteiger charge is -2.55. The molecule has 4 N–H and O–H groups in total. The molecule has 2 spiro atoms. The first-order valence-electron chi connectivity index (χ1n) is 21.2. The summed E-state index contributed by atoms with van der Waals surface area (Å²) in [5, 5.41) is 44.2. The molecule has 0 bridgehead atoms. The third kappa shape index (κ3) is 7.85. The molecule has 1 saturated carbocycles. The van der Waals surface area contributed by atoms with Crippen LogP contribution in [0.3, 0.4) is 0 Å². The van der Waals surface area contributed by atoms with Gasteiger partial charge >= 0.3 is 5.97 Å². The van der Waals surface area contributed by atoms with Crippen molar-refractivity contribution in [2.24, 2.45) is 52.8 Å². The van der Waals surface area contributed by atoms with Gasteiger partial charge in [-0.25, -0.2) is 0 Å². The number of carboxylic acid groups (broad SMARTS) is 1. The Kier molecular flexibility index (Phi) is 13.1. The summed E-state index contributed by atoms with van der Waals surface area (Å²) in [7, 11) is 0. The highest BCUT2D eigenvalue weighted by Crippen LogP contribution is 2.58. The largest absolute Gasteiger partial charge is 0.481 e. The van der Waals surface area contributed by atoms with Crippen molar-refractivity contribution in [3.8, 4) is 0 Å². The minimum absolute atomic E-state index is 0.00517. The van der Waals surface area contributed by atoms with Crippen LogP contribution in [0.4, 0.5) is 0 Å². The van der Waals surface area contributed by atoms with E-state index in [1.165, 1.54) is 0 Å². The molecular weight excluding hydrogens is 672 g/mol. The Labute approximate surface area is 320 Å². The van der Waals surface area contributed by atoms with Crippen molar-refractivity contribution in [1.82, 2.24) is 0 Å². The van der Waals surface area contributed by atoms with Crippen LogP contribution in [-0.2, 0) is 23.7 Å². The maximum atomic E-state index is 11.9. The third-order valence-electron chi connectivity index (χ3n) is 15.8. The minimum atomic E-state index is -0.958.